The molecule has 1 atom stereocenters. The summed E-state index contributed by atoms with van der Waals surface area (Å²) in [6.45, 7) is 4.73. The van der Waals surface area contributed by atoms with E-state index in [0.29, 0.717) is 24.9 Å². The fourth-order valence-corrected chi connectivity index (χ4v) is 3.17. The Bertz CT molecular complexity index is 782. The fourth-order valence-electron chi connectivity index (χ4n) is 3.17. The summed E-state index contributed by atoms with van der Waals surface area (Å²) < 4.78 is 1.75. The minimum absolute atomic E-state index is 0.141. The third-order valence-electron chi connectivity index (χ3n) is 4.54. The molecule has 1 amide bonds. The lowest BCUT2D eigenvalue weighted by molar-refractivity contribution is -0.143. The number of nitrogens with zero attached hydrogens (tertiary/aromatic N) is 3. The van der Waals surface area contributed by atoms with Crippen molar-refractivity contribution in [3.8, 4) is 5.69 Å². The van der Waals surface area contributed by atoms with E-state index >= 15 is 0 Å². The van der Waals surface area contributed by atoms with Crippen molar-refractivity contribution >= 4 is 11.9 Å². The molecule has 126 valence electrons. The van der Waals surface area contributed by atoms with Crippen LogP contribution in [-0.2, 0) is 4.79 Å². The van der Waals surface area contributed by atoms with Crippen LogP contribution in [0.2, 0.25) is 0 Å². The smallest absolute Gasteiger partial charge is 0.308 e. The molecule has 0 aliphatic carbocycles. The van der Waals surface area contributed by atoms with Gasteiger partial charge in [-0.05, 0) is 44.4 Å². The van der Waals surface area contributed by atoms with Gasteiger partial charge in [0.25, 0.3) is 5.91 Å². The molecule has 3 rings (SSSR count). The van der Waals surface area contributed by atoms with Crippen molar-refractivity contribution in [1.29, 1.82) is 0 Å². The summed E-state index contributed by atoms with van der Waals surface area (Å²) in [5.74, 6) is -1.45. The highest BCUT2D eigenvalue weighted by molar-refractivity contribution is 5.95. The van der Waals surface area contributed by atoms with Crippen molar-refractivity contribution in [2.24, 2.45) is 5.92 Å². The largest absolute Gasteiger partial charge is 0.481 e. The zero-order chi connectivity index (χ0) is 17.3. The van der Waals surface area contributed by atoms with E-state index in [1.807, 2.05) is 38.1 Å². The highest BCUT2D eigenvalue weighted by Crippen LogP contribution is 2.21. The van der Waals surface area contributed by atoms with Crippen LogP contribution in [0.5, 0.6) is 0 Å². The SMILES string of the molecule is Cc1cccc(-n2ncc(C(=O)N3CCC[C@H](C(=O)O)C3)c2C)c1. The number of carbonyl (C=O) groups is 2. The number of rotatable bonds is 3. The lowest BCUT2D eigenvalue weighted by Crippen LogP contribution is -2.42. The molecule has 2 heterocycles. The number of likely N-dealkylation sites (tertiary alicyclic amines) is 1. The van der Waals surface area contributed by atoms with Gasteiger partial charge in [0, 0.05) is 13.1 Å². The molecule has 0 spiro atoms. The number of piperidine rings is 1. The molecule has 0 unspecified atom stereocenters. The van der Waals surface area contributed by atoms with Crippen molar-refractivity contribution in [3.05, 3.63) is 47.3 Å². The first-order valence-electron chi connectivity index (χ1n) is 8.11. The van der Waals surface area contributed by atoms with Crippen molar-refractivity contribution in [3.63, 3.8) is 0 Å². The third kappa shape index (κ3) is 3.04. The van der Waals surface area contributed by atoms with Crippen molar-refractivity contribution in [1.82, 2.24) is 14.7 Å². The van der Waals surface area contributed by atoms with Crippen LogP contribution in [0.25, 0.3) is 5.69 Å². The topological polar surface area (TPSA) is 75.4 Å². The molecule has 1 saturated heterocycles. The second-order valence-electron chi connectivity index (χ2n) is 6.32. The number of hydrogen-bond donors (Lipinski definition) is 1. The number of carboxylic acids is 1. The molecule has 6 heteroatoms. The van der Waals surface area contributed by atoms with Gasteiger partial charge in [-0.3, -0.25) is 9.59 Å². The molecule has 2 aromatic rings. The van der Waals surface area contributed by atoms with Gasteiger partial charge in [0.2, 0.25) is 0 Å². The predicted molar refractivity (Wildman–Crippen MR) is 89.3 cm³/mol. The summed E-state index contributed by atoms with van der Waals surface area (Å²) in [6.07, 6.45) is 2.92. The maximum atomic E-state index is 12.8. The van der Waals surface area contributed by atoms with Crippen LogP contribution in [0.1, 0.15) is 34.5 Å². The zero-order valence-corrected chi connectivity index (χ0v) is 13.9. The Hall–Kier alpha value is -2.63. The predicted octanol–water partition coefficient (Wildman–Crippen LogP) is 2.43. The first-order chi connectivity index (χ1) is 11.5. The van der Waals surface area contributed by atoms with Crippen molar-refractivity contribution < 1.29 is 14.7 Å². The standard InChI is InChI=1S/C18H21N3O3/c1-12-5-3-7-15(9-12)21-13(2)16(10-19-21)17(22)20-8-4-6-14(11-20)18(23)24/h3,5,7,9-10,14H,4,6,8,11H2,1-2H3,(H,23,24)/t14-/m0/s1. The van der Waals surface area contributed by atoms with E-state index < -0.39 is 11.9 Å². The number of carboxylic acid groups (broad SMARTS) is 1. The molecule has 1 aliphatic heterocycles. The second kappa shape index (κ2) is 6.47. The molecule has 6 nitrogen and oxygen atoms in total. The number of aliphatic carboxylic acids is 1. The Morgan fingerprint density at radius 1 is 1.29 bits per heavy atom. The Morgan fingerprint density at radius 2 is 2.08 bits per heavy atom. The molecule has 1 N–H and O–H groups in total. The summed E-state index contributed by atoms with van der Waals surface area (Å²) >= 11 is 0. The molecule has 0 radical (unpaired) electrons. The number of amides is 1. The average Bonchev–Trinajstić information content (AvgIpc) is 2.96. The van der Waals surface area contributed by atoms with E-state index in [2.05, 4.69) is 5.10 Å². The van der Waals surface area contributed by atoms with Crippen LogP contribution < -0.4 is 0 Å². The minimum Gasteiger partial charge on any atom is -0.481 e. The van der Waals surface area contributed by atoms with Crippen LogP contribution in [0.4, 0.5) is 0 Å². The van der Waals surface area contributed by atoms with Crippen molar-refractivity contribution in [2.75, 3.05) is 13.1 Å². The van der Waals surface area contributed by atoms with E-state index in [4.69, 9.17) is 0 Å². The Labute approximate surface area is 140 Å². The number of carbonyl (C=O) groups excluding carboxylic acids is 1. The van der Waals surface area contributed by atoms with Gasteiger partial charge in [0.1, 0.15) is 0 Å². The minimum atomic E-state index is -0.834. The quantitative estimate of drug-likeness (QED) is 0.939. The number of hydrogen-bond acceptors (Lipinski definition) is 3. The van der Waals surface area contributed by atoms with Crippen LogP contribution >= 0.6 is 0 Å². The normalized spacial score (nSPS) is 17.8. The van der Waals surface area contributed by atoms with Gasteiger partial charge < -0.3 is 10.0 Å². The second-order valence-corrected chi connectivity index (χ2v) is 6.32. The van der Waals surface area contributed by atoms with Crippen LogP contribution in [0.15, 0.2) is 30.5 Å². The summed E-state index contributed by atoms with van der Waals surface area (Å²) in [4.78, 5) is 25.6. The molecule has 1 aromatic carbocycles. The zero-order valence-electron chi connectivity index (χ0n) is 13.9. The summed E-state index contributed by atoms with van der Waals surface area (Å²) in [5, 5.41) is 13.5. The molecule has 1 fully saturated rings. The summed E-state index contributed by atoms with van der Waals surface area (Å²) in [6, 6.07) is 7.92. The number of aromatic nitrogens is 2. The molecule has 1 aliphatic rings. The van der Waals surface area contributed by atoms with Gasteiger partial charge in [-0.25, -0.2) is 4.68 Å². The van der Waals surface area contributed by atoms with E-state index in [9.17, 15) is 14.7 Å². The Morgan fingerprint density at radius 3 is 2.79 bits per heavy atom. The first-order valence-corrected chi connectivity index (χ1v) is 8.11. The highest BCUT2D eigenvalue weighted by Gasteiger charge is 2.30. The van der Waals surface area contributed by atoms with Crippen LogP contribution in [-0.4, -0.2) is 44.8 Å². The van der Waals surface area contributed by atoms with E-state index in [1.54, 1.807) is 15.8 Å². The van der Waals surface area contributed by atoms with Crippen LogP contribution in [0, 0.1) is 19.8 Å². The maximum absolute atomic E-state index is 12.8. The Balaban J connectivity index is 1.85. The van der Waals surface area contributed by atoms with E-state index in [1.165, 1.54) is 0 Å². The molecule has 24 heavy (non-hydrogen) atoms. The van der Waals surface area contributed by atoms with Gasteiger partial charge in [-0.2, -0.15) is 5.10 Å². The molecular weight excluding hydrogens is 306 g/mol. The molecular formula is C18H21N3O3. The molecule has 1 aromatic heterocycles. The van der Waals surface area contributed by atoms with Gasteiger partial charge in [-0.15, -0.1) is 0 Å². The summed E-state index contributed by atoms with van der Waals surface area (Å²) in [5.41, 5.74) is 3.33. The van der Waals surface area contributed by atoms with E-state index in [-0.39, 0.29) is 12.5 Å². The lowest BCUT2D eigenvalue weighted by Gasteiger charge is -2.30. The number of aryl methyl sites for hydroxylation is 1. The van der Waals surface area contributed by atoms with Gasteiger partial charge >= 0.3 is 5.97 Å². The lowest BCUT2D eigenvalue weighted by atomic mass is 9.98. The first kappa shape index (κ1) is 16.2. The van der Waals surface area contributed by atoms with Crippen molar-refractivity contribution in [2.45, 2.75) is 26.7 Å². The van der Waals surface area contributed by atoms with Gasteiger partial charge in [-0.1, -0.05) is 12.1 Å². The van der Waals surface area contributed by atoms with Gasteiger partial charge in [0.15, 0.2) is 0 Å². The summed E-state index contributed by atoms with van der Waals surface area (Å²) in [7, 11) is 0. The third-order valence-corrected chi connectivity index (χ3v) is 4.54. The highest BCUT2D eigenvalue weighted by atomic mass is 16.4. The maximum Gasteiger partial charge on any atom is 0.308 e. The van der Waals surface area contributed by atoms with E-state index in [0.717, 1.165) is 16.9 Å². The molecule has 0 bridgehead atoms. The monoisotopic (exact) mass is 327 g/mol. The van der Waals surface area contributed by atoms with Gasteiger partial charge in [0.05, 0.1) is 29.1 Å². The Kier molecular flexibility index (Phi) is 4.38. The fraction of sp³-hybridized carbons (Fsp3) is 0.389. The average molecular weight is 327 g/mol. The number of benzene rings is 1. The van der Waals surface area contributed by atoms with Crippen LogP contribution in [0.3, 0.4) is 0 Å². The molecule has 0 saturated carbocycles.